The second-order valence-electron chi connectivity index (χ2n) is 12.5. The fourth-order valence-corrected chi connectivity index (χ4v) is 8.08. The Morgan fingerprint density at radius 2 is 0.618 bits per heavy atom. The number of rotatable bonds is 2. The monoisotopic (exact) mass is 768 g/mol. The summed E-state index contributed by atoms with van der Waals surface area (Å²) in [7, 11) is 0. The van der Waals surface area contributed by atoms with Crippen molar-refractivity contribution in [2.24, 2.45) is 0 Å². The largest absolute Gasteiger partial charge is 0.380 e. The van der Waals surface area contributed by atoms with Gasteiger partial charge in [0.05, 0.1) is 19.5 Å². The lowest BCUT2D eigenvalue weighted by molar-refractivity contribution is -0.254. The highest BCUT2D eigenvalue weighted by molar-refractivity contribution is 7.14. The molecule has 268 valence electrons. The Morgan fingerprint density at radius 3 is 0.891 bits per heavy atom. The Kier molecular flexibility index (Phi) is 10.1. The van der Waals surface area contributed by atoms with Crippen LogP contribution in [0.4, 0.5) is 26.3 Å². The van der Waals surface area contributed by atoms with Crippen LogP contribution in [0.25, 0.3) is 11.1 Å². The SMILES string of the molecule is Cc1c(C#Cc2ccccc2)sc(C#Cc2ccccc2)c1C1=C(c2c(C#Cc3ccccc3)sc(C#Cc3ccccc3)c2C)C(F)(F)C(F)(F)C1(F)F. The Labute approximate surface area is 323 Å². The molecule has 6 aromatic rings. The summed E-state index contributed by atoms with van der Waals surface area (Å²) in [4.78, 5) is 0.234. The molecule has 8 heteroatoms. The van der Waals surface area contributed by atoms with E-state index in [4.69, 9.17) is 0 Å². The van der Waals surface area contributed by atoms with Gasteiger partial charge in [-0.05, 0) is 85.3 Å². The smallest absolute Gasteiger partial charge is 0.194 e. The van der Waals surface area contributed by atoms with Crippen LogP contribution in [0.1, 0.15) is 64.0 Å². The van der Waals surface area contributed by atoms with Crippen molar-refractivity contribution in [1.29, 1.82) is 0 Å². The van der Waals surface area contributed by atoms with Crippen LogP contribution in [0.5, 0.6) is 0 Å². The summed E-state index contributed by atoms with van der Waals surface area (Å²) in [5, 5.41) is 0. The zero-order valence-electron chi connectivity index (χ0n) is 29.1. The van der Waals surface area contributed by atoms with E-state index in [1.807, 2.05) is 0 Å². The van der Waals surface area contributed by atoms with Crippen molar-refractivity contribution in [1.82, 2.24) is 0 Å². The molecule has 0 atom stereocenters. The first-order valence-corrected chi connectivity index (χ1v) is 18.5. The molecule has 2 heterocycles. The lowest BCUT2D eigenvalue weighted by Crippen LogP contribution is -2.49. The van der Waals surface area contributed by atoms with Gasteiger partial charge < -0.3 is 0 Å². The van der Waals surface area contributed by atoms with E-state index in [0.717, 1.165) is 22.7 Å². The minimum Gasteiger partial charge on any atom is -0.194 e. The maximum absolute atomic E-state index is 16.5. The normalized spacial score (nSPS) is 14.7. The van der Waals surface area contributed by atoms with E-state index in [0.29, 0.717) is 22.3 Å². The summed E-state index contributed by atoms with van der Waals surface area (Å²) >= 11 is 1.77. The highest BCUT2D eigenvalue weighted by Crippen LogP contribution is 2.66. The van der Waals surface area contributed by atoms with E-state index in [2.05, 4.69) is 47.4 Å². The van der Waals surface area contributed by atoms with E-state index in [1.165, 1.54) is 13.8 Å². The van der Waals surface area contributed by atoms with Crippen LogP contribution in [-0.4, -0.2) is 17.8 Å². The van der Waals surface area contributed by atoms with E-state index >= 15 is 26.3 Å². The zero-order chi connectivity index (χ0) is 38.8. The Balaban J connectivity index is 1.55. The van der Waals surface area contributed by atoms with Crippen molar-refractivity contribution in [3.63, 3.8) is 0 Å². The Morgan fingerprint density at radius 1 is 0.364 bits per heavy atom. The minimum atomic E-state index is -5.81. The van der Waals surface area contributed by atoms with Crippen molar-refractivity contribution in [2.45, 2.75) is 31.6 Å². The molecule has 0 bridgehead atoms. The summed E-state index contributed by atoms with van der Waals surface area (Å²) in [5.41, 5.74) is -1.74. The fraction of sp³-hybridized carbons (Fsp3) is 0.106. The first-order valence-electron chi connectivity index (χ1n) is 16.8. The fourth-order valence-electron chi connectivity index (χ4n) is 6.03. The zero-order valence-corrected chi connectivity index (χ0v) is 30.8. The molecule has 7 rings (SSSR count). The van der Waals surface area contributed by atoms with Gasteiger partial charge in [-0.15, -0.1) is 22.7 Å². The van der Waals surface area contributed by atoms with Gasteiger partial charge in [0.25, 0.3) is 0 Å². The molecule has 0 saturated heterocycles. The predicted molar refractivity (Wildman–Crippen MR) is 209 cm³/mol. The van der Waals surface area contributed by atoms with Crippen LogP contribution in [0.3, 0.4) is 0 Å². The third-order valence-corrected chi connectivity index (χ3v) is 11.1. The highest BCUT2D eigenvalue weighted by Gasteiger charge is 2.80. The number of hydrogen-bond donors (Lipinski definition) is 0. The topological polar surface area (TPSA) is 0 Å². The van der Waals surface area contributed by atoms with Crippen LogP contribution < -0.4 is 0 Å². The summed E-state index contributed by atoms with van der Waals surface area (Å²) in [6.07, 6.45) is 0. The van der Waals surface area contributed by atoms with Gasteiger partial charge in [-0.1, -0.05) is 108 Å². The molecule has 2 aromatic heterocycles. The van der Waals surface area contributed by atoms with Gasteiger partial charge in [-0.2, -0.15) is 26.3 Å². The number of benzene rings is 4. The molecule has 0 aliphatic heterocycles. The van der Waals surface area contributed by atoms with Gasteiger partial charge in [0.1, 0.15) is 0 Å². The summed E-state index contributed by atoms with van der Waals surface area (Å²) in [6.45, 7) is 2.83. The summed E-state index contributed by atoms with van der Waals surface area (Å²) < 4.78 is 98.0. The summed E-state index contributed by atoms with van der Waals surface area (Å²) in [6, 6.07) is 34.9. The Bertz CT molecular complexity index is 2510. The molecule has 55 heavy (non-hydrogen) atoms. The number of thiophene rings is 2. The molecule has 4 aromatic carbocycles. The molecule has 1 aliphatic rings. The maximum Gasteiger partial charge on any atom is 0.380 e. The number of allylic oxidation sites excluding steroid dienone is 2. The molecular weight excluding hydrogens is 743 g/mol. The lowest BCUT2D eigenvalue weighted by Gasteiger charge is -2.26. The standard InChI is InChI=1S/C47H26F6S2/c1-31-37(27-23-33-15-7-3-8-16-33)54-39(29-25-35-19-11-5-12-20-35)41(31)43-44(46(50,51)47(52,53)45(43,48)49)42-32(2)38(28-24-34-17-9-4-10-18-34)55-40(42)30-26-36-21-13-6-14-22-36/h3-22H,1-2H3. The van der Waals surface area contributed by atoms with Gasteiger partial charge in [-0.25, -0.2) is 0 Å². The van der Waals surface area contributed by atoms with Gasteiger partial charge >= 0.3 is 17.8 Å². The number of hydrogen-bond acceptors (Lipinski definition) is 2. The van der Waals surface area contributed by atoms with Crippen LogP contribution in [0, 0.1) is 61.2 Å². The molecule has 0 radical (unpaired) electrons. The summed E-state index contributed by atoms with van der Waals surface area (Å²) in [5.74, 6) is 6.83. The quantitative estimate of drug-likeness (QED) is 0.122. The van der Waals surface area contributed by atoms with Crippen molar-refractivity contribution in [3.05, 3.63) is 185 Å². The molecule has 1 aliphatic carbocycles. The third-order valence-electron chi connectivity index (χ3n) is 8.84. The second-order valence-corrected chi connectivity index (χ2v) is 14.5. The molecule has 0 spiro atoms. The van der Waals surface area contributed by atoms with Gasteiger partial charge in [0, 0.05) is 44.5 Å². The molecule has 0 nitrogen and oxygen atoms in total. The Hall–Kier alpha value is -6.16. The molecular formula is C47H26F6S2. The first-order chi connectivity index (χ1) is 26.4. The van der Waals surface area contributed by atoms with E-state index in [9.17, 15) is 0 Å². The van der Waals surface area contributed by atoms with E-state index in [-0.39, 0.29) is 30.6 Å². The van der Waals surface area contributed by atoms with Crippen molar-refractivity contribution < 1.29 is 26.3 Å². The second kappa shape index (κ2) is 14.9. The van der Waals surface area contributed by atoms with Crippen LogP contribution in [0.2, 0.25) is 0 Å². The average Bonchev–Trinajstić information content (AvgIpc) is 3.71. The molecule has 0 saturated carbocycles. The molecule has 0 amide bonds. The highest BCUT2D eigenvalue weighted by atomic mass is 32.1. The van der Waals surface area contributed by atoms with Crippen molar-refractivity contribution in [3.8, 4) is 47.4 Å². The molecule has 0 unspecified atom stereocenters. The van der Waals surface area contributed by atoms with Crippen molar-refractivity contribution in [2.75, 3.05) is 0 Å². The average molecular weight is 769 g/mol. The van der Waals surface area contributed by atoms with Gasteiger partial charge in [0.2, 0.25) is 0 Å². The van der Waals surface area contributed by atoms with E-state index in [1.54, 1.807) is 121 Å². The van der Waals surface area contributed by atoms with Crippen LogP contribution in [0.15, 0.2) is 121 Å². The minimum absolute atomic E-state index is 0.0281. The number of alkyl halides is 6. The van der Waals surface area contributed by atoms with Gasteiger partial charge in [0.15, 0.2) is 0 Å². The number of halogens is 6. The van der Waals surface area contributed by atoms with Crippen molar-refractivity contribution >= 4 is 33.8 Å². The maximum atomic E-state index is 16.5. The predicted octanol–water partition coefficient (Wildman–Crippen LogP) is 11.9. The van der Waals surface area contributed by atoms with E-state index < -0.39 is 40.0 Å². The van der Waals surface area contributed by atoms with Crippen LogP contribution in [-0.2, 0) is 0 Å². The third kappa shape index (κ3) is 7.00. The molecule has 0 fully saturated rings. The van der Waals surface area contributed by atoms with Gasteiger partial charge in [-0.3, -0.25) is 0 Å². The molecule has 0 N–H and O–H groups in total. The lowest BCUT2D eigenvalue weighted by atomic mass is 9.90. The van der Waals surface area contributed by atoms with Crippen LogP contribution >= 0.6 is 22.7 Å². The first kappa shape index (κ1) is 37.2.